The maximum Gasteiger partial charge on any atom is 0.0746 e. The Morgan fingerprint density at radius 3 is 1.58 bits per heavy atom. The second-order valence-corrected chi connectivity index (χ2v) is 13.2. The van der Waals surface area contributed by atoms with Crippen LogP contribution >= 0.6 is 0 Å². The largest absolute Gasteiger partial charge is 0.310 e. The molecule has 48 heavy (non-hydrogen) atoms. The van der Waals surface area contributed by atoms with Gasteiger partial charge in [0.25, 0.3) is 0 Å². The summed E-state index contributed by atoms with van der Waals surface area (Å²) in [5.41, 5.74) is 19.1. The van der Waals surface area contributed by atoms with E-state index in [9.17, 15) is 0 Å². The van der Waals surface area contributed by atoms with Gasteiger partial charge in [-0.25, -0.2) is 0 Å². The summed E-state index contributed by atoms with van der Waals surface area (Å²) >= 11 is 0. The van der Waals surface area contributed by atoms with Gasteiger partial charge in [-0.15, -0.1) is 0 Å². The van der Waals surface area contributed by atoms with Crippen molar-refractivity contribution in [3.8, 4) is 44.5 Å². The first kappa shape index (κ1) is 25.9. The summed E-state index contributed by atoms with van der Waals surface area (Å²) in [5.74, 6) is 0. The molecule has 0 aromatic heterocycles. The van der Waals surface area contributed by atoms with Crippen molar-refractivity contribution in [2.45, 2.75) is 5.41 Å². The van der Waals surface area contributed by atoms with Crippen molar-refractivity contribution < 1.29 is 0 Å². The van der Waals surface area contributed by atoms with E-state index >= 15 is 0 Å². The summed E-state index contributed by atoms with van der Waals surface area (Å²) in [6, 6.07) is 65.4. The molecule has 0 aliphatic heterocycles. The number of hydrogen-bond donors (Lipinski definition) is 0. The van der Waals surface area contributed by atoms with Gasteiger partial charge in [0.2, 0.25) is 0 Å². The zero-order valence-electron chi connectivity index (χ0n) is 26.2. The van der Waals surface area contributed by atoms with Gasteiger partial charge >= 0.3 is 0 Å². The van der Waals surface area contributed by atoms with Gasteiger partial charge in [0.1, 0.15) is 0 Å². The van der Waals surface area contributed by atoms with Gasteiger partial charge < -0.3 is 4.90 Å². The van der Waals surface area contributed by atoms with E-state index < -0.39 is 5.41 Å². The third-order valence-corrected chi connectivity index (χ3v) is 11.0. The molecule has 0 saturated carbocycles. The Balaban J connectivity index is 1.33. The summed E-state index contributed by atoms with van der Waals surface area (Å²) in [7, 11) is 0. The number of anilines is 3. The molecule has 1 atom stereocenters. The van der Waals surface area contributed by atoms with Crippen molar-refractivity contribution >= 4 is 27.8 Å². The van der Waals surface area contributed by atoms with Gasteiger partial charge in [-0.3, -0.25) is 0 Å². The van der Waals surface area contributed by atoms with Gasteiger partial charge in [0.05, 0.1) is 11.1 Å². The van der Waals surface area contributed by atoms with Crippen LogP contribution in [-0.4, -0.2) is 0 Å². The van der Waals surface area contributed by atoms with E-state index in [0.717, 1.165) is 11.4 Å². The molecule has 3 aliphatic rings. The molecule has 3 aliphatic carbocycles. The molecule has 0 fully saturated rings. The number of fused-ring (bicyclic) bond motifs is 14. The Morgan fingerprint density at radius 1 is 0.354 bits per heavy atom. The third-order valence-electron chi connectivity index (χ3n) is 11.0. The SMILES string of the molecule is c1ccc(N(c2ccccc2)c2cccc3c2C2(c4ccccc4-3)c3ccccc3-c3c2cc2c4c(cccc34)-c3ccccc3-2)cc1. The molecule has 8 aromatic rings. The van der Waals surface area contributed by atoms with Gasteiger partial charge in [-0.2, -0.15) is 0 Å². The minimum atomic E-state index is -0.505. The summed E-state index contributed by atoms with van der Waals surface area (Å²) < 4.78 is 0. The lowest BCUT2D eigenvalue weighted by Gasteiger charge is -2.36. The van der Waals surface area contributed by atoms with Gasteiger partial charge in [-0.1, -0.05) is 140 Å². The molecule has 0 radical (unpaired) electrons. The minimum absolute atomic E-state index is 0.505. The molecule has 11 rings (SSSR count). The number of benzene rings is 8. The van der Waals surface area contributed by atoms with Crippen LogP contribution in [0.15, 0.2) is 176 Å². The second-order valence-electron chi connectivity index (χ2n) is 13.2. The second kappa shape index (κ2) is 9.44. The molecule has 1 heteroatoms. The molecule has 0 bridgehead atoms. The van der Waals surface area contributed by atoms with Crippen molar-refractivity contribution in [3.05, 3.63) is 198 Å². The van der Waals surface area contributed by atoms with E-state index in [1.807, 2.05) is 0 Å². The third kappa shape index (κ3) is 3.11. The first-order valence-electron chi connectivity index (χ1n) is 16.8. The monoisotopic (exact) mass is 607 g/mol. The van der Waals surface area contributed by atoms with Crippen LogP contribution in [0.4, 0.5) is 17.1 Å². The summed E-state index contributed by atoms with van der Waals surface area (Å²) in [4.78, 5) is 2.46. The topological polar surface area (TPSA) is 3.24 Å². The van der Waals surface area contributed by atoms with E-state index in [0.29, 0.717) is 0 Å². The number of para-hydroxylation sites is 2. The zero-order valence-corrected chi connectivity index (χ0v) is 26.2. The first-order valence-corrected chi connectivity index (χ1v) is 16.8. The first-order chi connectivity index (χ1) is 23.9. The van der Waals surface area contributed by atoms with Crippen LogP contribution < -0.4 is 4.90 Å². The molecule has 1 spiro atoms. The molecule has 0 amide bonds. The lowest BCUT2D eigenvalue weighted by Crippen LogP contribution is -2.28. The van der Waals surface area contributed by atoms with E-state index in [2.05, 4.69) is 181 Å². The van der Waals surface area contributed by atoms with Crippen LogP contribution in [-0.2, 0) is 5.41 Å². The van der Waals surface area contributed by atoms with Crippen LogP contribution in [0, 0.1) is 0 Å². The highest BCUT2D eigenvalue weighted by atomic mass is 15.1. The predicted octanol–water partition coefficient (Wildman–Crippen LogP) is 12.3. The molecule has 222 valence electrons. The van der Waals surface area contributed by atoms with E-state index in [-0.39, 0.29) is 0 Å². The highest BCUT2D eigenvalue weighted by Gasteiger charge is 2.54. The molecule has 8 aromatic carbocycles. The predicted molar refractivity (Wildman–Crippen MR) is 199 cm³/mol. The van der Waals surface area contributed by atoms with Crippen molar-refractivity contribution in [1.82, 2.24) is 0 Å². The molecular weight excluding hydrogens is 579 g/mol. The van der Waals surface area contributed by atoms with Crippen LogP contribution in [0.25, 0.3) is 55.3 Å². The summed E-state index contributed by atoms with van der Waals surface area (Å²) in [6.07, 6.45) is 0. The number of nitrogens with zero attached hydrogens (tertiary/aromatic N) is 1. The number of rotatable bonds is 3. The van der Waals surface area contributed by atoms with Gasteiger partial charge in [0.15, 0.2) is 0 Å². The van der Waals surface area contributed by atoms with Crippen molar-refractivity contribution in [2.75, 3.05) is 4.90 Å². The minimum Gasteiger partial charge on any atom is -0.310 e. The highest BCUT2D eigenvalue weighted by Crippen LogP contribution is 2.67. The summed E-state index contributed by atoms with van der Waals surface area (Å²) in [6.45, 7) is 0. The fourth-order valence-electron chi connectivity index (χ4n) is 9.30. The molecule has 0 N–H and O–H groups in total. The van der Waals surface area contributed by atoms with Crippen LogP contribution in [0.1, 0.15) is 22.3 Å². The van der Waals surface area contributed by atoms with Crippen molar-refractivity contribution in [1.29, 1.82) is 0 Å². The van der Waals surface area contributed by atoms with Crippen LogP contribution in [0.2, 0.25) is 0 Å². The Labute approximate surface area is 280 Å². The Bertz CT molecular complexity index is 2580. The van der Waals surface area contributed by atoms with Crippen LogP contribution in [0.3, 0.4) is 0 Å². The quantitative estimate of drug-likeness (QED) is 0.193. The fourth-order valence-corrected chi connectivity index (χ4v) is 9.30. The van der Waals surface area contributed by atoms with E-state index in [1.165, 1.54) is 83.2 Å². The standard InChI is InChI=1S/C47H29N/c1-3-15-30(16-4-1)48(31-17-5-2-6-18-31)43-28-14-24-36-34-21-9-11-26-40(34)47(46(36)43)41-27-12-10-22-37(41)45-38-25-13-23-35-32-19-7-8-20-33(32)39(44(35)38)29-42(45)47/h1-29H. The molecular formula is C47H29N. The lowest BCUT2D eigenvalue weighted by atomic mass is 9.69. The maximum atomic E-state index is 2.56. The number of hydrogen-bond acceptors (Lipinski definition) is 1. The normalized spacial score (nSPS) is 15.6. The average Bonchev–Trinajstić information content (AvgIpc) is 3.76. The average molecular weight is 608 g/mol. The Kier molecular flexibility index (Phi) is 5.10. The van der Waals surface area contributed by atoms with Crippen molar-refractivity contribution in [3.63, 3.8) is 0 Å². The van der Waals surface area contributed by atoms with E-state index in [4.69, 9.17) is 0 Å². The molecule has 1 unspecified atom stereocenters. The highest BCUT2D eigenvalue weighted by molar-refractivity contribution is 6.21. The lowest BCUT2D eigenvalue weighted by molar-refractivity contribution is 0.794. The Morgan fingerprint density at radius 2 is 0.875 bits per heavy atom. The van der Waals surface area contributed by atoms with Crippen LogP contribution in [0.5, 0.6) is 0 Å². The molecule has 0 heterocycles. The van der Waals surface area contributed by atoms with Gasteiger partial charge in [-0.05, 0) is 108 Å². The van der Waals surface area contributed by atoms with Gasteiger partial charge in [0, 0.05) is 16.9 Å². The van der Waals surface area contributed by atoms with Crippen molar-refractivity contribution in [2.24, 2.45) is 0 Å². The maximum absolute atomic E-state index is 2.56. The fraction of sp³-hybridized carbons (Fsp3) is 0.0213. The zero-order chi connectivity index (χ0) is 31.4. The van der Waals surface area contributed by atoms with E-state index in [1.54, 1.807) is 0 Å². The Hall–Kier alpha value is -6.18. The molecule has 1 nitrogen and oxygen atoms in total. The smallest absolute Gasteiger partial charge is 0.0746 e. The molecule has 0 saturated heterocycles. The summed E-state index contributed by atoms with van der Waals surface area (Å²) in [5, 5.41) is 2.71.